The molecule has 1 aromatic heterocycles. The Bertz CT molecular complexity index is 736. The zero-order chi connectivity index (χ0) is 17.9. The number of methoxy groups -OCH3 is 1. The lowest BCUT2D eigenvalue weighted by molar-refractivity contribution is 0.167. The Morgan fingerprint density at radius 3 is 2.68 bits per heavy atom. The molecule has 0 aliphatic carbocycles. The molecule has 0 saturated carbocycles. The van der Waals surface area contributed by atoms with Crippen LogP contribution in [0.25, 0.3) is 0 Å². The summed E-state index contributed by atoms with van der Waals surface area (Å²) in [5, 5.41) is 10.6. The van der Waals surface area contributed by atoms with Crippen molar-refractivity contribution in [3.8, 4) is 5.88 Å². The van der Waals surface area contributed by atoms with Crippen LogP contribution in [0.15, 0.2) is 36.4 Å². The number of likely N-dealkylation sites (tertiary alicyclic amines) is 1. The number of carbonyl (C=O) groups is 1. The number of hydrogen-bond acceptors (Lipinski definition) is 4. The van der Waals surface area contributed by atoms with Gasteiger partial charge in [0.15, 0.2) is 5.82 Å². The van der Waals surface area contributed by atoms with Crippen LogP contribution in [0.2, 0.25) is 0 Å². The number of halogens is 1. The van der Waals surface area contributed by atoms with Crippen LogP contribution in [0.5, 0.6) is 5.88 Å². The van der Waals surface area contributed by atoms with E-state index in [1.54, 1.807) is 24.3 Å². The Morgan fingerprint density at radius 1 is 1.28 bits per heavy atom. The highest BCUT2D eigenvalue weighted by Crippen LogP contribution is 2.33. The number of hydrogen-bond donors (Lipinski definition) is 1. The molecule has 1 aliphatic heterocycles. The second-order valence-electron chi connectivity index (χ2n) is 6.45. The van der Waals surface area contributed by atoms with E-state index in [1.165, 1.54) is 19.2 Å². The van der Waals surface area contributed by atoms with Gasteiger partial charge in [0.25, 0.3) is 0 Å². The van der Waals surface area contributed by atoms with Crippen molar-refractivity contribution in [1.82, 2.24) is 15.1 Å². The number of aromatic nitrogens is 2. The van der Waals surface area contributed by atoms with Gasteiger partial charge in [-0.1, -0.05) is 12.1 Å². The number of anilines is 1. The number of carbonyl (C=O) groups excluding carboxylic acids is 1. The molecule has 0 bridgehead atoms. The molecule has 2 aromatic rings. The molecule has 1 saturated heterocycles. The summed E-state index contributed by atoms with van der Waals surface area (Å²) in [5.74, 6) is 0.509. The second kappa shape index (κ2) is 7.04. The highest BCUT2D eigenvalue weighted by Gasteiger charge is 2.39. The summed E-state index contributed by atoms with van der Waals surface area (Å²) in [5.41, 5.74) is 0.690. The zero-order valence-electron chi connectivity index (χ0n) is 14.3. The van der Waals surface area contributed by atoms with Gasteiger partial charge in [-0.05, 0) is 49.9 Å². The molecule has 1 fully saturated rings. The fraction of sp³-hybridized carbons (Fsp3) is 0.389. The van der Waals surface area contributed by atoms with Gasteiger partial charge in [0.1, 0.15) is 5.82 Å². The van der Waals surface area contributed by atoms with Crippen molar-refractivity contribution in [2.24, 2.45) is 0 Å². The van der Waals surface area contributed by atoms with E-state index < -0.39 is 0 Å². The summed E-state index contributed by atoms with van der Waals surface area (Å²) < 4.78 is 18.1. The number of amides is 2. The Hall–Kier alpha value is -2.70. The first kappa shape index (κ1) is 17.1. The average molecular weight is 344 g/mol. The molecule has 1 atom stereocenters. The zero-order valence-corrected chi connectivity index (χ0v) is 14.3. The molecule has 3 rings (SSSR count). The summed E-state index contributed by atoms with van der Waals surface area (Å²) in [6, 6.07) is 9.52. The smallest absolute Gasteiger partial charge is 0.323 e. The van der Waals surface area contributed by atoms with Gasteiger partial charge in [-0.15, -0.1) is 10.2 Å². The lowest BCUT2D eigenvalue weighted by Crippen LogP contribution is -2.48. The highest BCUT2D eigenvalue weighted by molar-refractivity contribution is 5.89. The summed E-state index contributed by atoms with van der Waals surface area (Å²) >= 11 is 0. The van der Waals surface area contributed by atoms with Crippen molar-refractivity contribution in [3.05, 3.63) is 47.8 Å². The van der Waals surface area contributed by atoms with Crippen LogP contribution in [-0.4, -0.2) is 40.3 Å². The molecule has 0 spiro atoms. The lowest BCUT2D eigenvalue weighted by Gasteiger charge is -2.35. The molecule has 1 aliphatic rings. The molecule has 7 heteroatoms. The molecular formula is C18H21FN4O2. The second-order valence-corrected chi connectivity index (χ2v) is 6.45. The molecule has 1 aromatic carbocycles. The molecule has 0 radical (unpaired) electrons. The predicted molar refractivity (Wildman–Crippen MR) is 92.1 cm³/mol. The van der Waals surface area contributed by atoms with Gasteiger partial charge < -0.3 is 9.64 Å². The Labute approximate surface area is 146 Å². The van der Waals surface area contributed by atoms with Gasteiger partial charge in [0.05, 0.1) is 7.11 Å². The van der Waals surface area contributed by atoms with Gasteiger partial charge >= 0.3 is 6.03 Å². The van der Waals surface area contributed by atoms with Crippen molar-refractivity contribution >= 4 is 11.8 Å². The normalized spacial score (nSPS) is 19.7. The van der Waals surface area contributed by atoms with Crippen molar-refractivity contribution in [2.45, 2.75) is 31.7 Å². The number of nitrogens with zero attached hydrogens (tertiary/aromatic N) is 3. The third kappa shape index (κ3) is 3.87. The largest absolute Gasteiger partial charge is 0.480 e. The van der Waals surface area contributed by atoms with Crippen LogP contribution in [0, 0.1) is 5.82 Å². The van der Waals surface area contributed by atoms with Gasteiger partial charge in [-0.2, -0.15) is 0 Å². The van der Waals surface area contributed by atoms with Crippen LogP contribution in [0.3, 0.4) is 0 Å². The van der Waals surface area contributed by atoms with E-state index in [9.17, 15) is 9.18 Å². The molecule has 1 N–H and O–H groups in total. The number of nitrogens with one attached hydrogen (secondary N) is 1. The molecule has 132 valence electrons. The van der Waals surface area contributed by atoms with Crippen molar-refractivity contribution in [2.75, 3.05) is 19.0 Å². The van der Waals surface area contributed by atoms with Crippen molar-refractivity contribution < 1.29 is 13.9 Å². The highest BCUT2D eigenvalue weighted by atomic mass is 19.1. The quantitative estimate of drug-likeness (QED) is 0.924. The molecule has 25 heavy (non-hydrogen) atoms. The Balaban J connectivity index is 1.70. The third-order valence-corrected chi connectivity index (χ3v) is 4.58. The maximum Gasteiger partial charge on any atom is 0.323 e. The average Bonchev–Trinajstić information content (AvgIpc) is 2.99. The summed E-state index contributed by atoms with van der Waals surface area (Å²) in [4.78, 5) is 14.5. The van der Waals surface area contributed by atoms with Crippen molar-refractivity contribution in [1.29, 1.82) is 0 Å². The Kier molecular flexibility index (Phi) is 4.83. The van der Waals surface area contributed by atoms with E-state index in [0.717, 1.165) is 18.4 Å². The minimum absolute atomic E-state index is 0.207. The van der Waals surface area contributed by atoms with E-state index in [1.807, 2.05) is 4.90 Å². The number of urea groups is 1. The summed E-state index contributed by atoms with van der Waals surface area (Å²) in [6.45, 7) is 2.73. The number of benzene rings is 1. The van der Waals surface area contributed by atoms with Gasteiger partial charge in [0, 0.05) is 18.2 Å². The molecular weight excluding hydrogens is 323 g/mol. The van der Waals surface area contributed by atoms with E-state index in [4.69, 9.17) is 4.74 Å². The molecule has 6 nitrogen and oxygen atoms in total. The standard InChI is InChI=1S/C18H21FN4O2/c1-18(12-13-4-6-14(19)7-5-13)10-3-11-23(18)17(24)20-15-8-9-16(25-2)22-21-15/h4-9H,3,10-12H2,1-2H3,(H,20,21,24). The van der Waals surface area contributed by atoms with Gasteiger partial charge in [0.2, 0.25) is 5.88 Å². The van der Waals surface area contributed by atoms with E-state index >= 15 is 0 Å². The van der Waals surface area contributed by atoms with Crippen LogP contribution < -0.4 is 10.1 Å². The van der Waals surface area contributed by atoms with Gasteiger partial charge in [-0.25, -0.2) is 9.18 Å². The van der Waals surface area contributed by atoms with Crippen LogP contribution in [-0.2, 0) is 6.42 Å². The summed E-state index contributed by atoms with van der Waals surface area (Å²) in [6.07, 6.45) is 2.50. The maximum absolute atomic E-state index is 13.1. The van der Waals surface area contributed by atoms with E-state index in [0.29, 0.717) is 24.7 Å². The van der Waals surface area contributed by atoms with Crippen molar-refractivity contribution in [3.63, 3.8) is 0 Å². The monoisotopic (exact) mass is 344 g/mol. The van der Waals surface area contributed by atoms with E-state index in [2.05, 4.69) is 22.4 Å². The van der Waals surface area contributed by atoms with Crippen LogP contribution >= 0.6 is 0 Å². The van der Waals surface area contributed by atoms with Crippen LogP contribution in [0.4, 0.5) is 15.0 Å². The number of ether oxygens (including phenoxy) is 1. The Morgan fingerprint density at radius 2 is 2.04 bits per heavy atom. The lowest BCUT2D eigenvalue weighted by atomic mass is 9.90. The molecule has 1 unspecified atom stereocenters. The first-order chi connectivity index (χ1) is 12.0. The first-order valence-corrected chi connectivity index (χ1v) is 8.21. The minimum atomic E-state index is -0.318. The minimum Gasteiger partial charge on any atom is -0.480 e. The fourth-order valence-electron chi connectivity index (χ4n) is 3.27. The van der Waals surface area contributed by atoms with Crippen LogP contribution in [0.1, 0.15) is 25.3 Å². The van der Waals surface area contributed by atoms with E-state index in [-0.39, 0.29) is 17.4 Å². The topological polar surface area (TPSA) is 67.3 Å². The maximum atomic E-state index is 13.1. The van der Waals surface area contributed by atoms with Gasteiger partial charge in [-0.3, -0.25) is 5.32 Å². The first-order valence-electron chi connectivity index (χ1n) is 8.21. The SMILES string of the molecule is COc1ccc(NC(=O)N2CCCC2(C)Cc2ccc(F)cc2)nn1. The fourth-order valence-corrected chi connectivity index (χ4v) is 3.27. The third-order valence-electron chi connectivity index (χ3n) is 4.58. The number of rotatable bonds is 4. The summed E-state index contributed by atoms with van der Waals surface area (Å²) in [7, 11) is 1.51. The predicted octanol–water partition coefficient (Wildman–Crippen LogP) is 3.25. The molecule has 2 amide bonds. The molecule has 2 heterocycles.